The van der Waals surface area contributed by atoms with E-state index in [0.29, 0.717) is 18.1 Å². The quantitative estimate of drug-likeness (QED) is 0.637. The van der Waals surface area contributed by atoms with Crippen molar-refractivity contribution in [1.82, 2.24) is 24.6 Å². The van der Waals surface area contributed by atoms with E-state index in [0.717, 1.165) is 43.6 Å². The van der Waals surface area contributed by atoms with Crippen LogP contribution in [0.4, 0.5) is 19.0 Å². The Morgan fingerprint density at radius 3 is 2.53 bits per heavy atom. The molecule has 2 aromatic rings. The SMILES string of the molecule is CCc1ncc(CN2CCCCC2c2cc3n(n2)[C@@H](C(F)(F)F)C[C@@H](C(C)C)N3)cn1.Cl. The number of aromatic nitrogens is 4. The molecule has 2 aromatic heterocycles. The zero-order valence-corrected chi connectivity index (χ0v) is 19.6. The summed E-state index contributed by atoms with van der Waals surface area (Å²) < 4.78 is 42.6. The molecule has 2 aliphatic heterocycles. The van der Waals surface area contributed by atoms with E-state index in [9.17, 15) is 13.2 Å². The van der Waals surface area contributed by atoms with Gasteiger partial charge in [-0.3, -0.25) is 4.90 Å². The fourth-order valence-corrected chi connectivity index (χ4v) is 4.62. The van der Waals surface area contributed by atoms with Crippen molar-refractivity contribution >= 4 is 18.2 Å². The monoisotopic (exact) mass is 472 g/mol. The number of piperidine rings is 1. The molecular formula is C22H32ClF3N6. The van der Waals surface area contributed by atoms with E-state index >= 15 is 0 Å². The van der Waals surface area contributed by atoms with Gasteiger partial charge in [0.15, 0.2) is 6.04 Å². The first-order valence-corrected chi connectivity index (χ1v) is 11.2. The molecule has 3 atom stereocenters. The zero-order valence-electron chi connectivity index (χ0n) is 18.8. The molecule has 4 heterocycles. The van der Waals surface area contributed by atoms with Gasteiger partial charge in [0.1, 0.15) is 11.6 Å². The topological polar surface area (TPSA) is 58.9 Å². The molecule has 10 heteroatoms. The van der Waals surface area contributed by atoms with E-state index in [2.05, 4.69) is 25.3 Å². The van der Waals surface area contributed by atoms with Crippen molar-refractivity contribution in [3.05, 3.63) is 35.5 Å². The van der Waals surface area contributed by atoms with Crippen LogP contribution in [-0.4, -0.2) is 43.4 Å². The van der Waals surface area contributed by atoms with Crippen molar-refractivity contribution in [1.29, 1.82) is 0 Å². The maximum Gasteiger partial charge on any atom is 0.410 e. The maximum atomic E-state index is 13.8. The normalized spacial score (nSPS) is 24.0. The minimum atomic E-state index is -4.32. The summed E-state index contributed by atoms with van der Waals surface area (Å²) in [6.45, 7) is 7.47. The molecule has 1 unspecified atom stereocenters. The van der Waals surface area contributed by atoms with Gasteiger partial charge in [0.2, 0.25) is 0 Å². The van der Waals surface area contributed by atoms with E-state index in [-0.39, 0.29) is 36.8 Å². The van der Waals surface area contributed by atoms with E-state index in [1.807, 2.05) is 39.2 Å². The van der Waals surface area contributed by atoms with Crippen LogP contribution in [0.15, 0.2) is 18.5 Å². The molecule has 0 amide bonds. The highest BCUT2D eigenvalue weighted by atomic mass is 35.5. The number of nitrogens with zero attached hydrogens (tertiary/aromatic N) is 5. The molecule has 1 fully saturated rings. The average Bonchev–Trinajstić information content (AvgIpc) is 3.17. The van der Waals surface area contributed by atoms with Crippen molar-refractivity contribution in [3.63, 3.8) is 0 Å². The van der Waals surface area contributed by atoms with Crippen molar-refractivity contribution in [2.75, 3.05) is 11.9 Å². The fraction of sp³-hybridized carbons (Fsp3) is 0.682. The highest BCUT2D eigenvalue weighted by Gasteiger charge is 2.47. The summed E-state index contributed by atoms with van der Waals surface area (Å²) in [6, 6.07) is 0.00983. The van der Waals surface area contributed by atoms with Crippen LogP contribution in [-0.2, 0) is 13.0 Å². The molecule has 2 aliphatic rings. The third-order valence-electron chi connectivity index (χ3n) is 6.46. The van der Waals surface area contributed by atoms with Crippen LogP contribution in [0.25, 0.3) is 0 Å². The molecule has 0 radical (unpaired) electrons. The largest absolute Gasteiger partial charge is 0.410 e. The highest BCUT2D eigenvalue weighted by molar-refractivity contribution is 5.85. The van der Waals surface area contributed by atoms with Gasteiger partial charge in [0.05, 0.1) is 11.7 Å². The number of nitrogens with one attached hydrogen (secondary N) is 1. The molecule has 1 N–H and O–H groups in total. The van der Waals surface area contributed by atoms with Crippen molar-refractivity contribution < 1.29 is 13.2 Å². The second-order valence-electron chi connectivity index (χ2n) is 9.03. The molecule has 178 valence electrons. The number of hydrogen-bond donors (Lipinski definition) is 1. The summed E-state index contributed by atoms with van der Waals surface area (Å²) in [5.41, 5.74) is 1.73. The molecule has 0 aliphatic carbocycles. The summed E-state index contributed by atoms with van der Waals surface area (Å²) in [7, 11) is 0. The first-order valence-electron chi connectivity index (χ1n) is 11.2. The number of hydrogen-bond acceptors (Lipinski definition) is 5. The number of rotatable bonds is 5. The van der Waals surface area contributed by atoms with Gasteiger partial charge in [-0.2, -0.15) is 18.3 Å². The highest BCUT2D eigenvalue weighted by Crippen LogP contribution is 2.42. The van der Waals surface area contributed by atoms with Crippen LogP contribution in [0.5, 0.6) is 0 Å². The average molecular weight is 473 g/mol. The van der Waals surface area contributed by atoms with Gasteiger partial charge in [-0.1, -0.05) is 27.2 Å². The Kier molecular flexibility index (Phi) is 7.70. The summed E-state index contributed by atoms with van der Waals surface area (Å²) in [4.78, 5) is 11.1. The molecule has 0 saturated carbocycles. The van der Waals surface area contributed by atoms with Gasteiger partial charge in [-0.05, 0) is 31.7 Å². The minimum absolute atomic E-state index is 0. The maximum absolute atomic E-state index is 13.8. The van der Waals surface area contributed by atoms with Crippen LogP contribution < -0.4 is 5.32 Å². The van der Waals surface area contributed by atoms with Crippen molar-refractivity contribution in [2.45, 2.75) is 83.7 Å². The Labute approximate surface area is 193 Å². The molecular weight excluding hydrogens is 441 g/mol. The van der Waals surface area contributed by atoms with Gasteiger partial charge < -0.3 is 5.32 Å². The molecule has 0 spiro atoms. The first kappa shape index (κ1) is 24.8. The summed E-state index contributed by atoms with van der Waals surface area (Å²) >= 11 is 0. The fourth-order valence-electron chi connectivity index (χ4n) is 4.62. The lowest BCUT2D eigenvalue weighted by molar-refractivity contribution is -0.174. The van der Waals surface area contributed by atoms with Crippen LogP contribution in [0.1, 0.15) is 75.6 Å². The van der Waals surface area contributed by atoms with Gasteiger partial charge in [-0.25, -0.2) is 14.6 Å². The second kappa shape index (κ2) is 9.95. The van der Waals surface area contributed by atoms with Gasteiger partial charge in [0.25, 0.3) is 0 Å². The van der Waals surface area contributed by atoms with Crippen LogP contribution in [0, 0.1) is 5.92 Å². The smallest absolute Gasteiger partial charge is 0.367 e. The van der Waals surface area contributed by atoms with Crippen LogP contribution in [0.3, 0.4) is 0 Å². The van der Waals surface area contributed by atoms with E-state index in [1.165, 1.54) is 4.68 Å². The predicted octanol–water partition coefficient (Wildman–Crippen LogP) is 5.33. The Morgan fingerprint density at radius 2 is 1.91 bits per heavy atom. The number of alkyl halides is 3. The van der Waals surface area contributed by atoms with Crippen molar-refractivity contribution in [2.24, 2.45) is 5.92 Å². The summed E-state index contributed by atoms with van der Waals surface area (Å²) in [5.74, 6) is 1.39. The van der Waals surface area contributed by atoms with E-state index in [1.54, 1.807) is 0 Å². The first-order chi connectivity index (χ1) is 14.8. The lowest BCUT2D eigenvalue weighted by atomic mass is 9.94. The molecule has 6 nitrogen and oxygen atoms in total. The minimum Gasteiger partial charge on any atom is -0.367 e. The lowest BCUT2D eigenvalue weighted by Crippen LogP contribution is -2.41. The lowest BCUT2D eigenvalue weighted by Gasteiger charge is -2.35. The Balaban J connectivity index is 0.00000289. The molecule has 4 rings (SSSR count). The molecule has 32 heavy (non-hydrogen) atoms. The summed E-state index contributed by atoms with van der Waals surface area (Å²) in [6.07, 6.45) is 3.17. The molecule has 0 aromatic carbocycles. The van der Waals surface area contributed by atoms with Crippen LogP contribution in [0.2, 0.25) is 0 Å². The molecule has 0 bridgehead atoms. The standard InChI is InChI=1S/C22H31F3N6.ClH/c1-4-20-26-11-15(12-27-20)13-30-8-6-5-7-18(30)17-10-21-28-16(14(2)3)9-19(22(23,24)25)31(21)29-17;/h10-12,14,16,18-19,28H,4-9,13H2,1-3H3;1H/t16-,18?,19+;/m0./s1. The number of anilines is 1. The number of halogens is 4. The third kappa shape index (κ3) is 5.20. The number of likely N-dealkylation sites (tertiary alicyclic amines) is 1. The van der Waals surface area contributed by atoms with Crippen molar-refractivity contribution in [3.8, 4) is 0 Å². The third-order valence-corrected chi connectivity index (χ3v) is 6.46. The van der Waals surface area contributed by atoms with Gasteiger partial charge in [0, 0.05) is 43.0 Å². The van der Waals surface area contributed by atoms with Gasteiger partial charge in [-0.15, -0.1) is 12.4 Å². The number of fused-ring (bicyclic) bond motifs is 1. The molecule has 1 saturated heterocycles. The van der Waals surface area contributed by atoms with Gasteiger partial charge >= 0.3 is 6.18 Å². The Hall–Kier alpha value is -1.87. The van der Waals surface area contributed by atoms with Crippen LogP contribution >= 0.6 is 12.4 Å². The van der Waals surface area contributed by atoms with E-state index < -0.39 is 12.2 Å². The Morgan fingerprint density at radius 1 is 1.19 bits per heavy atom. The summed E-state index contributed by atoms with van der Waals surface area (Å²) in [5, 5.41) is 7.79. The van der Waals surface area contributed by atoms with E-state index in [4.69, 9.17) is 0 Å². The predicted molar refractivity (Wildman–Crippen MR) is 120 cm³/mol. The number of aryl methyl sites for hydroxylation is 1. The second-order valence-corrected chi connectivity index (χ2v) is 9.03. The zero-order chi connectivity index (χ0) is 22.2. The Bertz CT molecular complexity index is 883.